The molecule has 0 atom stereocenters. The summed E-state index contributed by atoms with van der Waals surface area (Å²) in [6, 6.07) is 17.3. The van der Waals surface area contributed by atoms with Gasteiger partial charge in [-0.1, -0.05) is 0 Å². The molecule has 1 amide bonds. The number of hydrogen-bond acceptors (Lipinski definition) is 9. The number of non-ortho nitro benzene ring substituents is 1. The van der Waals surface area contributed by atoms with Crippen molar-refractivity contribution in [3.8, 4) is 11.5 Å². The van der Waals surface area contributed by atoms with E-state index in [1.165, 1.54) is 67.7 Å². The van der Waals surface area contributed by atoms with Crippen LogP contribution in [0.4, 0.5) is 17.1 Å². The lowest BCUT2D eigenvalue weighted by Crippen LogP contribution is -2.26. The van der Waals surface area contributed by atoms with E-state index in [2.05, 4.69) is 5.32 Å². The second kappa shape index (κ2) is 12.5. The monoisotopic (exact) mass is 543 g/mol. The van der Waals surface area contributed by atoms with E-state index in [1.807, 2.05) is 6.92 Å². The first-order valence-electron chi connectivity index (χ1n) is 11.2. The first-order valence-corrected chi connectivity index (χ1v) is 12.7. The topological polar surface area (TPSA) is 154 Å². The minimum Gasteiger partial charge on any atom is -0.494 e. The van der Waals surface area contributed by atoms with E-state index in [4.69, 9.17) is 14.2 Å². The third kappa shape index (κ3) is 7.43. The lowest BCUT2D eigenvalue weighted by molar-refractivity contribution is -0.384. The van der Waals surface area contributed by atoms with Crippen LogP contribution in [-0.4, -0.2) is 52.1 Å². The van der Waals surface area contributed by atoms with Crippen molar-refractivity contribution in [3.63, 3.8) is 0 Å². The molecule has 3 aromatic rings. The fraction of sp³-hybridized carbons (Fsp3) is 0.200. The Morgan fingerprint density at radius 2 is 1.47 bits per heavy atom. The van der Waals surface area contributed by atoms with Crippen LogP contribution in [0.2, 0.25) is 0 Å². The predicted octanol–water partition coefficient (Wildman–Crippen LogP) is 3.38. The Hall–Kier alpha value is -4.65. The number of esters is 1. The van der Waals surface area contributed by atoms with Gasteiger partial charge in [0, 0.05) is 24.9 Å². The molecule has 0 bridgehead atoms. The van der Waals surface area contributed by atoms with Crippen molar-refractivity contribution in [2.75, 3.05) is 36.5 Å². The normalized spacial score (nSPS) is 10.8. The molecule has 13 heteroatoms. The van der Waals surface area contributed by atoms with Crippen LogP contribution in [0.25, 0.3) is 0 Å². The number of nitrogens with one attached hydrogen (secondary N) is 1. The highest BCUT2D eigenvalue weighted by Crippen LogP contribution is 2.25. The molecule has 200 valence electrons. The van der Waals surface area contributed by atoms with Crippen molar-refractivity contribution in [3.05, 3.63) is 82.9 Å². The average molecular weight is 544 g/mol. The molecule has 0 unspecified atom stereocenters. The van der Waals surface area contributed by atoms with Crippen molar-refractivity contribution in [2.24, 2.45) is 0 Å². The molecule has 3 aromatic carbocycles. The highest BCUT2D eigenvalue weighted by Gasteiger charge is 2.21. The molecule has 0 saturated heterocycles. The number of hydrogen-bond donors (Lipinski definition) is 1. The number of rotatable bonds is 12. The number of amides is 1. The second-order valence-electron chi connectivity index (χ2n) is 7.67. The van der Waals surface area contributed by atoms with Gasteiger partial charge in [0.05, 0.1) is 22.1 Å². The number of benzene rings is 3. The molecule has 12 nitrogen and oxygen atoms in total. The zero-order valence-corrected chi connectivity index (χ0v) is 21.3. The van der Waals surface area contributed by atoms with Gasteiger partial charge in [-0.3, -0.25) is 19.2 Å². The zero-order chi connectivity index (χ0) is 27.7. The average Bonchev–Trinajstić information content (AvgIpc) is 2.91. The van der Waals surface area contributed by atoms with Crippen LogP contribution >= 0.6 is 0 Å². The lowest BCUT2D eigenvalue weighted by atomic mass is 10.3. The first kappa shape index (κ1) is 27.9. The quantitative estimate of drug-likeness (QED) is 0.206. The van der Waals surface area contributed by atoms with Crippen molar-refractivity contribution < 1.29 is 37.1 Å². The Labute approximate surface area is 218 Å². The van der Waals surface area contributed by atoms with Crippen LogP contribution in [0.1, 0.15) is 6.92 Å². The van der Waals surface area contributed by atoms with Crippen LogP contribution in [0, 0.1) is 10.1 Å². The van der Waals surface area contributed by atoms with Gasteiger partial charge in [-0.25, -0.2) is 13.2 Å². The molecule has 0 aliphatic rings. The minimum atomic E-state index is -3.81. The highest BCUT2D eigenvalue weighted by molar-refractivity contribution is 7.92. The SMILES string of the molecule is CCOc1ccc(S(=O)(=O)N(C)c2ccc(OCC(=O)OCC(=O)Nc3ccc([N+](=O)[O-])cc3)cc2)cc1. The Kier molecular flexibility index (Phi) is 9.22. The summed E-state index contributed by atoms with van der Waals surface area (Å²) in [6.07, 6.45) is 0. The third-order valence-corrected chi connectivity index (χ3v) is 6.88. The molecule has 0 fully saturated rings. The summed E-state index contributed by atoms with van der Waals surface area (Å²) in [6.45, 7) is 1.24. The number of carbonyl (C=O) groups is 2. The van der Waals surface area contributed by atoms with Gasteiger partial charge in [0.2, 0.25) is 0 Å². The molecule has 0 spiro atoms. The fourth-order valence-corrected chi connectivity index (χ4v) is 4.31. The van der Waals surface area contributed by atoms with E-state index in [9.17, 15) is 28.1 Å². The maximum absolute atomic E-state index is 12.9. The molecule has 0 aromatic heterocycles. The summed E-state index contributed by atoms with van der Waals surface area (Å²) in [5.74, 6) is -0.580. The molecule has 3 rings (SSSR count). The Morgan fingerprint density at radius 3 is 2.05 bits per heavy atom. The number of nitro benzene ring substituents is 1. The molecule has 0 heterocycles. The number of nitrogens with zero attached hydrogens (tertiary/aromatic N) is 2. The van der Waals surface area contributed by atoms with Gasteiger partial charge >= 0.3 is 5.97 Å². The van der Waals surface area contributed by atoms with E-state index in [-0.39, 0.29) is 16.3 Å². The molecule has 38 heavy (non-hydrogen) atoms. The lowest BCUT2D eigenvalue weighted by Gasteiger charge is -2.20. The van der Waals surface area contributed by atoms with Crippen LogP contribution < -0.4 is 19.1 Å². The maximum atomic E-state index is 12.9. The predicted molar refractivity (Wildman–Crippen MR) is 138 cm³/mol. The number of nitro groups is 1. The van der Waals surface area contributed by atoms with Gasteiger partial charge in [-0.15, -0.1) is 0 Å². The largest absolute Gasteiger partial charge is 0.494 e. The maximum Gasteiger partial charge on any atom is 0.344 e. The number of sulfonamides is 1. The zero-order valence-electron chi connectivity index (χ0n) is 20.5. The molecule has 0 radical (unpaired) electrons. The summed E-state index contributed by atoms with van der Waals surface area (Å²) in [4.78, 5) is 34.0. The van der Waals surface area contributed by atoms with Crippen molar-refractivity contribution in [1.29, 1.82) is 0 Å². The molecular formula is C25H25N3O9S. The van der Waals surface area contributed by atoms with Crippen LogP contribution in [-0.2, 0) is 24.3 Å². The van der Waals surface area contributed by atoms with Gasteiger partial charge in [-0.2, -0.15) is 0 Å². The summed E-state index contributed by atoms with van der Waals surface area (Å²) < 4.78 is 42.5. The van der Waals surface area contributed by atoms with Gasteiger partial charge in [0.25, 0.3) is 21.6 Å². The third-order valence-electron chi connectivity index (χ3n) is 5.08. The molecule has 0 aliphatic carbocycles. The smallest absolute Gasteiger partial charge is 0.344 e. The van der Waals surface area contributed by atoms with Crippen LogP contribution in [0.5, 0.6) is 11.5 Å². The number of anilines is 2. The van der Waals surface area contributed by atoms with E-state index in [0.29, 0.717) is 23.7 Å². The standard InChI is InChI=1S/C25H25N3O9S/c1-3-35-21-12-14-23(15-13-21)38(33,34)27(2)19-8-10-22(11-9-19)36-17-25(30)37-16-24(29)26-18-4-6-20(7-5-18)28(31)32/h4-15H,3,16-17H2,1-2H3,(H,26,29). The summed E-state index contributed by atoms with van der Waals surface area (Å²) in [7, 11) is -2.39. The van der Waals surface area contributed by atoms with E-state index < -0.39 is 40.0 Å². The summed E-state index contributed by atoms with van der Waals surface area (Å²) in [5.41, 5.74) is 0.555. The van der Waals surface area contributed by atoms with Crippen molar-refractivity contribution in [1.82, 2.24) is 0 Å². The van der Waals surface area contributed by atoms with Gasteiger partial charge < -0.3 is 19.5 Å². The van der Waals surface area contributed by atoms with Gasteiger partial charge in [0.1, 0.15) is 11.5 Å². The van der Waals surface area contributed by atoms with Gasteiger partial charge in [0.15, 0.2) is 13.2 Å². The van der Waals surface area contributed by atoms with Crippen molar-refractivity contribution in [2.45, 2.75) is 11.8 Å². The molecular weight excluding hydrogens is 518 g/mol. The minimum absolute atomic E-state index is 0.101. The van der Waals surface area contributed by atoms with Gasteiger partial charge in [-0.05, 0) is 67.6 Å². The Bertz CT molecular complexity index is 1380. The second-order valence-corrected chi connectivity index (χ2v) is 9.64. The summed E-state index contributed by atoms with van der Waals surface area (Å²) >= 11 is 0. The van der Waals surface area contributed by atoms with E-state index >= 15 is 0 Å². The van der Waals surface area contributed by atoms with Crippen LogP contribution in [0.3, 0.4) is 0 Å². The van der Waals surface area contributed by atoms with E-state index in [0.717, 1.165) is 4.31 Å². The van der Waals surface area contributed by atoms with E-state index in [1.54, 1.807) is 12.1 Å². The van der Waals surface area contributed by atoms with Crippen molar-refractivity contribution >= 4 is 39.0 Å². The number of ether oxygens (including phenoxy) is 3. The highest BCUT2D eigenvalue weighted by atomic mass is 32.2. The molecule has 0 aliphatic heterocycles. The van der Waals surface area contributed by atoms with Crippen LogP contribution in [0.15, 0.2) is 77.7 Å². The Balaban J connectivity index is 1.47. The summed E-state index contributed by atoms with van der Waals surface area (Å²) in [5, 5.41) is 13.1. The molecule has 0 saturated carbocycles. The first-order chi connectivity index (χ1) is 18.1. The molecule has 1 N–H and O–H groups in total. The Morgan fingerprint density at radius 1 is 0.895 bits per heavy atom. The number of carbonyl (C=O) groups excluding carboxylic acids is 2. The fourth-order valence-electron chi connectivity index (χ4n) is 3.12.